The van der Waals surface area contributed by atoms with Crippen LogP contribution in [0, 0.1) is 11.3 Å². The lowest BCUT2D eigenvalue weighted by Gasteiger charge is -2.08. The highest BCUT2D eigenvalue weighted by Crippen LogP contribution is 2.25. The third-order valence-electron chi connectivity index (χ3n) is 2.67. The summed E-state index contributed by atoms with van der Waals surface area (Å²) in [5.74, 6) is 0.537. The number of hydrogen-bond acceptors (Lipinski definition) is 6. The Balaban J connectivity index is 1.90. The summed E-state index contributed by atoms with van der Waals surface area (Å²) in [5.41, 5.74) is 0.740. The standard InChI is InChI=1S/C13H8ClN5OS/c14-9-3-1-2-4-12(9)20-8-11-10(7-15)17-18-19(11)13-16-5-6-21-13/h1-6H,8H2. The summed E-state index contributed by atoms with van der Waals surface area (Å²) >= 11 is 7.44. The predicted octanol–water partition coefficient (Wildman–Crippen LogP) is 2.83. The number of thiazole rings is 1. The molecule has 0 bridgehead atoms. The number of nitrogens with zero attached hydrogens (tertiary/aromatic N) is 5. The molecule has 104 valence electrons. The lowest BCUT2D eigenvalue weighted by atomic mass is 10.3. The van der Waals surface area contributed by atoms with E-state index in [2.05, 4.69) is 15.3 Å². The van der Waals surface area contributed by atoms with Crippen molar-refractivity contribution in [1.82, 2.24) is 20.0 Å². The first-order valence-corrected chi connectivity index (χ1v) is 7.17. The minimum absolute atomic E-state index is 0.124. The number of para-hydroxylation sites is 1. The molecule has 0 saturated heterocycles. The smallest absolute Gasteiger partial charge is 0.212 e. The molecular weight excluding hydrogens is 310 g/mol. The molecule has 0 N–H and O–H groups in total. The number of ether oxygens (including phenoxy) is 1. The van der Waals surface area contributed by atoms with E-state index in [4.69, 9.17) is 21.6 Å². The zero-order chi connectivity index (χ0) is 14.7. The molecule has 0 aliphatic rings. The summed E-state index contributed by atoms with van der Waals surface area (Å²) < 4.78 is 7.16. The molecule has 0 aliphatic carbocycles. The van der Waals surface area contributed by atoms with Crippen LogP contribution < -0.4 is 4.74 Å². The van der Waals surface area contributed by atoms with E-state index in [0.29, 0.717) is 21.6 Å². The van der Waals surface area contributed by atoms with Crippen LogP contribution in [0.2, 0.25) is 5.02 Å². The van der Waals surface area contributed by atoms with Gasteiger partial charge in [-0.05, 0) is 12.1 Å². The summed E-state index contributed by atoms with van der Waals surface area (Å²) in [6.07, 6.45) is 1.66. The topological polar surface area (TPSA) is 76.6 Å². The van der Waals surface area contributed by atoms with Crippen LogP contribution in [0.4, 0.5) is 0 Å². The Morgan fingerprint density at radius 3 is 2.95 bits per heavy atom. The Morgan fingerprint density at radius 1 is 1.38 bits per heavy atom. The van der Waals surface area contributed by atoms with Crippen LogP contribution in [-0.4, -0.2) is 20.0 Å². The predicted molar refractivity (Wildman–Crippen MR) is 77.5 cm³/mol. The number of rotatable bonds is 4. The van der Waals surface area contributed by atoms with Gasteiger partial charge in [0.25, 0.3) is 0 Å². The van der Waals surface area contributed by atoms with Crippen LogP contribution in [0.5, 0.6) is 5.75 Å². The number of halogens is 1. The summed E-state index contributed by atoms with van der Waals surface area (Å²) in [4.78, 5) is 4.16. The average Bonchev–Trinajstić information content (AvgIpc) is 3.15. The number of hydrogen-bond donors (Lipinski definition) is 0. The van der Waals surface area contributed by atoms with Crippen molar-refractivity contribution in [2.24, 2.45) is 0 Å². The van der Waals surface area contributed by atoms with Crippen LogP contribution in [0.1, 0.15) is 11.4 Å². The van der Waals surface area contributed by atoms with E-state index in [9.17, 15) is 0 Å². The van der Waals surface area contributed by atoms with Crippen molar-refractivity contribution in [3.63, 3.8) is 0 Å². The van der Waals surface area contributed by atoms with Crippen LogP contribution >= 0.6 is 22.9 Å². The number of nitriles is 1. The fourth-order valence-corrected chi connectivity index (χ4v) is 2.50. The van der Waals surface area contributed by atoms with Gasteiger partial charge >= 0.3 is 0 Å². The van der Waals surface area contributed by atoms with Crippen LogP contribution in [0.25, 0.3) is 5.13 Å². The first-order valence-electron chi connectivity index (χ1n) is 5.91. The highest BCUT2D eigenvalue weighted by molar-refractivity contribution is 7.12. The monoisotopic (exact) mass is 317 g/mol. The molecule has 0 amide bonds. The molecule has 21 heavy (non-hydrogen) atoms. The van der Waals surface area contributed by atoms with E-state index in [1.807, 2.05) is 23.6 Å². The summed E-state index contributed by atoms with van der Waals surface area (Å²) in [7, 11) is 0. The highest BCUT2D eigenvalue weighted by atomic mass is 35.5. The third-order valence-corrected chi connectivity index (χ3v) is 3.73. The van der Waals surface area contributed by atoms with Gasteiger partial charge in [0.1, 0.15) is 24.1 Å². The Labute approximate surface area is 129 Å². The molecule has 6 nitrogen and oxygen atoms in total. The third kappa shape index (κ3) is 2.72. The minimum Gasteiger partial charge on any atom is -0.486 e. The molecule has 8 heteroatoms. The maximum Gasteiger partial charge on any atom is 0.212 e. The molecule has 0 spiro atoms. The van der Waals surface area contributed by atoms with E-state index in [1.165, 1.54) is 16.0 Å². The molecule has 0 atom stereocenters. The van der Waals surface area contributed by atoms with Gasteiger partial charge in [-0.15, -0.1) is 16.4 Å². The highest BCUT2D eigenvalue weighted by Gasteiger charge is 2.16. The fourth-order valence-electron chi connectivity index (χ4n) is 1.70. The number of aromatic nitrogens is 4. The Kier molecular flexibility index (Phi) is 3.81. The number of benzene rings is 1. The molecular formula is C13H8ClN5OS. The summed E-state index contributed by atoms with van der Waals surface area (Å²) in [6, 6.07) is 9.13. The van der Waals surface area contributed by atoms with Gasteiger partial charge in [0.15, 0.2) is 5.69 Å². The van der Waals surface area contributed by atoms with Crippen molar-refractivity contribution in [2.75, 3.05) is 0 Å². The maximum atomic E-state index is 9.12. The van der Waals surface area contributed by atoms with Gasteiger partial charge in [-0.3, -0.25) is 0 Å². The van der Waals surface area contributed by atoms with Crippen molar-refractivity contribution in [1.29, 1.82) is 5.26 Å². The first kappa shape index (κ1) is 13.5. The molecule has 2 aromatic heterocycles. The second-order valence-electron chi connectivity index (χ2n) is 3.94. The fraction of sp³-hybridized carbons (Fsp3) is 0.0769. The SMILES string of the molecule is N#Cc1nnn(-c2nccs2)c1COc1ccccc1Cl. The van der Waals surface area contributed by atoms with Gasteiger partial charge in [-0.1, -0.05) is 28.9 Å². The van der Waals surface area contributed by atoms with Gasteiger partial charge < -0.3 is 4.74 Å². The van der Waals surface area contributed by atoms with Crippen molar-refractivity contribution in [2.45, 2.75) is 6.61 Å². The molecule has 0 unspecified atom stereocenters. The molecule has 1 aromatic carbocycles. The zero-order valence-electron chi connectivity index (χ0n) is 10.6. The van der Waals surface area contributed by atoms with Crippen molar-refractivity contribution in [3.8, 4) is 17.0 Å². The van der Waals surface area contributed by atoms with Gasteiger partial charge in [0.05, 0.1) is 5.02 Å². The quantitative estimate of drug-likeness (QED) is 0.739. The second-order valence-corrected chi connectivity index (χ2v) is 5.22. The average molecular weight is 318 g/mol. The van der Waals surface area contributed by atoms with Crippen molar-refractivity contribution in [3.05, 3.63) is 52.3 Å². The lowest BCUT2D eigenvalue weighted by Crippen LogP contribution is -2.07. The Hall–Kier alpha value is -2.43. The molecule has 0 aliphatic heterocycles. The van der Waals surface area contributed by atoms with E-state index < -0.39 is 0 Å². The normalized spacial score (nSPS) is 10.3. The van der Waals surface area contributed by atoms with Gasteiger partial charge in [0, 0.05) is 11.6 Å². The maximum absolute atomic E-state index is 9.12. The second kappa shape index (κ2) is 5.91. The van der Waals surface area contributed by atoms with E-state index in [0.717, 1.165) is 0 Å². The summed E-state index contributed by atoms with van der Waals surface area (Å²) in [6.45, 7) is 0.124. The largest absolute Gasteiger partial charge is 0.486 e. The van der Waals surface area contributed by atoms with Crippen LogP contribution in [-0.2, 0) is 6.61 Å². The molecule has 0 radical (unpaired) electrons. The molecule has 2 heterocycles. The molecule has 3 aromatic rings. The molecule has 0 fully saturated rings. The molecule has 0 saturated carbocycles. The molecule has 3 rings (SSSR count). The lowest BCUT2D eigenvalue weighted by molar-refractivity contribution is 0.297. The van der Waals surface area contributed by atoms with Gasteiger partial charge in [-0.2, -0.15) is 9.94 Å². The van der Waals surface area contributed by atoms with E-state index in [-0.39, 0.29) is 12.3 Å². The van der Waals surface area contributed by atoms with E-state index >= 15 is 0 Å². The van der Waals surface area contributed by atoms with Crippen LogP contribution in [0.3, 0.4) is 0 Å². The Bertz CT molecular complexity index is 793. The van der Waals surface area contributed by atoms with Crippen molar-refractivity contribution < 1.29 is 4.74 Å². The zero-order valence-corrected chi connectivity index (χ0v) is 12.2. The first-order chi connectivity index (χ1) is 10.3. The van der Waals surface area contributed by atoms with Gasteiger partial charge in [0.2, 0.25) is 5.13 Å². The van der Waals surface area contributed by atoms with Crippen LogP contribution in [0.15, 0.2) is 35.8 Å². The summed E-state index contributed by atoms with van der Waals surface area (Å²) in [5, 5.41) is 19.8. The van der Waals surface area contributed by atoms with Gasteiger partial charge in [-0.25, -0.2) is 4.98 Å². The van der Waals surface area contributed by atoms with E-state index in [1.54, 1.807) is 18.3 Å². The minimum atomic E-state index is 0.124. The van der Waals surface area contributed by atoms with Crippen molar-refractivity contribution >= 4 is 22.9 Å². The Morgan fingerprint density at radius 2 is 2.24 bits per heavy atom.